The molecular weight excluding hydrogens is 359 g/mol. The molecule has 0 radical (unpaired) electrons. The normalized spacial score (nSPS) is 16.6. The molecule has 1 fully saturated rings. The van der Waals surface area contributed by atoms with Crippen molar-refractivity contribution in [3.05, 3.63) is 42.2 Å². The van der Waals surface area contributed by atoms with Crippen LogP contribution in [0.25, 0.3) is 0 Å². The quantitative estimate of drug-likeness (QED) is 0.886. The van der Waals surface area contributed by atoms with Gasteiger partial charge in [-0.15, -0.1) is 0 Å². The Balaban J connectivity index is 1.62. The number of hydrogen-bond donors (Lipinski definition) is 1. The highest BCUT2D eigenvalue weighted by molar-refractivity contribution is 7.92. The SMILES string of the molecule is O=S(=O)(Nc1cc(N2CCCC2)ccc1F)c1ccc2c(c1)OCCO2. The first kappa shape index (κ1) is 17.0. The first-order valence-electron chi connectivity index (χ1n) is 8.50. The molecule has 0 amide bonds. The summed E-state index contributed by atoms with van der Waals surface area (Å²) < 4.78 is 52.7. The fourth-order valence-corrected chi connectivity index (χ4v) is 4.23. The number of sulfonamides is 1. The summed E-state index contributed by atoms with van der Waals surface area (Å²) in [4.78, 5) is 2.11. The minimum absolute atomic E-state index is 0.00674. The van der Waals surface area contributed by atoms with Gasteiger partial charge >= 0.3 is 0 Å². The number of ether oxygens (including phenoxy) is 2. The van der Waals surface area contributed by atoms with Gasteiger partial charge in [-0.1, -0.05) is 0 Å². The van der Waals surface area contributed by atoms with E-state index in [0.29, 0.717) is 24.7 Å². The maximum atomic E-state index is 14.2. The van der Waals surface area contributed by atoms with Crippen LogP contribution in [0.2, 0.25) is 0 Å². The van der Waals surface area contributed by atoms with Crippen molar-refractivity contribution < 1.29 is 22.3 Å². The fourth-order valence-electron chi connectivity index (χ4n) is 3.16. The third-order valence-electron chi connectivity index (χ3n) is 4.49. The monoisotopic (exact) mass is 378 g/mol. The summed E-state index contributed by atoms with van der Waals surface area (Å²) in [6.45, 7) is 2.56. The number of rotatable bonds is 4. The topological polar surface area (TPSA) is 67.9 Å². The highest BCUT2D eigenvalue weighted by Crippen LogP contribution is 2.33. The van der Waals surface area contributed by atoms with Crippen LogP contribution in [0.4, 0.5) is 15.8 Å². The van der Waals surface area contributed by atoms with Gasteiger partial charge in [0.2, 0.25) is 0 Å². The van der Waals surface area contributed by atoms with Crippen LogP contribution in [0.3, 0.4) is 0 Å². The first-order chi connectivity index (χ1) is 12.5. The molecule has 0 aromatic heterocycles. The summed E-state index contributed by atoms with van der Waals surface area (Å²) in [6.07, 6.45) is 2.16. The second-order valence-corrected chi connectivity index (χ2v) is 7.95. The minimum Gasteiger partial charge on any atom is -0.486 e. The van der Waals surface area contributed by atoms with Crippen LogP contribution in [0.5, 0.6) is 11.5 Å². The predicted octanol–water partition coefficient (Wildman–Crippen LogP) is 3.00. The van der Waals surface area contributed by atoms with Gasteiger partial charge in [0.1, 0.15) is 19.0 Å². The Hall–Kier alpha value is -2.48. The van der Waals surface area contributed by atoms with E-state index in [-0.39, 0.29) is 10.6 Å². The number of nitrogens with zero attached hydrogens (tertiary/aromatic N) is 1. The lowest BCUT2D eigenvalue weighted by Crippen LogP contribution is -2.19. The van der Waals surface area contributed by atoms with Crippen LogP contribution in [-0.4, -0.2) is 34.7 Å². The molecule has 26 heavy (non-hydrogen) atoms. The average molecular weight is 378 g/mol. The van der Waals surface area contributed by atoms with E-state index in [1.165, 1.54) is 24.3 Å². The van der Waals surface area contributed by atoms with Crippen molar-refractivity contribution in [2.75, 3.05) is 35.9 Å². The number of benzene rings is 2. The van der Waals surface area contributed by atoms with Gasteiger partial charge < -0.3 is 14.4 Å². The molecule has 0 aliphatic carbocycles. The molecule has 0 unspecified atom stereocenters. The maximum absolute atomic E-state index is 14.2. The van der Waals surface area contributed by atoms with Crippen molar-refractivity contribution in [1.82, 2.24) is 0 Å². The molecule has 1 saturated heterocycles. The second-order valence-electron chi connectivity index (χ2n) is 6.27. The summed E-state index contributed by atoms with van der Waals surface area (Å²) in [7, 11) is -3.95. The van der Waals surface area contributed by atoms with Crippen LogP contribution in [0, 0.1) is 5.82 Å². The number of fused-ring (bicyclic) bond motifs is 1. The van der Waals surface area contributed by atoms with E-state index in [2.05, 4.69) is 9.62 Å². The smallest absolute Gasteiger partial charge is 0.262 e. The van der Waals surface area contributed by atoms with Gasteiger partial charge in [0.05, 0.1) is 10.6 Å². The summed E-state index contributed by atoms with van der Waals surface area (Å²) in [6, 6.07) is 8.84. The van der Waals surface area contributed by atoms with Gasteiger partial charge in [0.25, 0.3) is 10.0 Å². The molecule has 138 valence electrons. The second kappa shape index (κ2) is 6.68. The van der Waals surface area contributed by atoms with Gasteiger partial charge in [0.15, 0.2) is 11.5 Å². The van der Waals surface area contributed by atoms with Gasteiger partial charge in [-0.05, 0) is 43.2 Å². The van der Waals surface area contributed by atoms with Crippen LogP contribution in [-0.2, 0) is 10.0 Å². The molecule has 0 saturated carbocycles. The Bertz CT molecular complexity index is 927. The maximum Gasteiger partial charge on any atom is 0.262 e. The Morgan fingerprint density at radius 3 is 2.46 bits per heavy atom. The molecule has 0 spiro atoms. The van der Waals surface area contributed by atoms with E-state index in [9.17, 15) is 12.8 Å². The molecular formula is C18H19FN2O4S. The van der Waals surface area contributed by atoms with E-state index in [0.717, 1.165) is 31.6 Å². The number of hydrogen-bond acceptors (Lipinski definition) is 5. The molecule has 2 heterocycles. The van der Waals surface area contributed by atoms with Crippen molar-refractivity contribution in [2.24, 2.45) is 0 Å². The summed E-state index contributed by atoms with van der Waals surface area (Å²) >= 11 is 0. The van der Waals surface area contributed by atoms with Crippen molar-refractivity contribution in [3.8, 4) is 11.5 Å². The molecule has 2 aliphatic rings. The van der Waals surface area contributed by atoms with E-state index >= 15 is 0 Å². The summed E-state index contributed by atoms with van der Waals surface area (Å²) in [5, 5.41) is 0. The first-order valence-corrected chi connectivity index (χ1v) is 9.98. The molecule has 2 aliphatic heterocycles. The lowest BCUT2D eigenvalue weighted by molar-refractivity contribution is 0.171. The predicted molar refractivity (Wildman–Crippen MR) is 96.1 cm³/mol. The van der Waals surface area contributed by atoms with Crippen molar-refractivity contribution in [2.45, 2.75) is 17.7 Å². The Morgan fingerprint density at radius 2 is 1.69 bits per heavy atom. The third kappa shape index (κ3) is 3.29. The van der Waals surface area contributed by atoms with Gasteiger partial charge in [-0.25, -0.2) is 12.8 Å². The molecule has 0 bridgehead atoms. The van der Waals surface area contributed by atoms with Crippen LogP contribution in [0.15, 0.2) is 41.3 Å². The van der Waals surface area contributed by atoms with E-state index in [4.69, 9.17) is 9.47 Å². The van der Waals surface area contributed by atoms with Crippen molar-refractivity contribution in [1.29, 1.82) is 0 Å². The number of nitrogens with one attached hydrogen (secondary N) is 1. The Labute approximate surface area is 151 Å². The number of anilines is 2. The molecule has 4 rings (SSSR count). The van der Waals surface area contributed by atoms with Crippen LogP contribution < -0.4 is 19.1 Å². The molecule has 1 N–H and O–H groups in total. The molecule has 8 heteroatoms. The number of halogens is 1. The molecule has 6 nitrogen and oxygen atoms in total. The lowest BCUT2D eigenvalue weighted by Gasteiger charge is -2.20. The minimum atomic E-state index is -3.95. The fraction of sp³-hybridized carbons (Fsp3) is 0.333. The van der Waals surface area contributed by atoms with Gasteiger partial charge in [0, 0.05) is 24.8 Å². The van der Waals surface area contributed by atoms with Crippen molar-refractivity contribution in [3.63, 3.8) is 0 Å². The van der Waals surface area contributed by atoms with E-state index < -0.39 is 15.8 Å². The third-order valence-corrected chi connectivity index (χ3v) is 5.85. The lowest BCUT2D eigenvalue weighted by atomic mass is 10.2. The zero-order chi connectivity index (χ0) is 18.1. The van der Waals surface area contributed by atoms with Crippen molar-refractivity contribution >= 4 is 21.4 Å². The molecule has 0 atom stereocenters. The standard InChI is InChI=1S/C18H19FN2O4S/c19-15-5-3-13(21-7-1-2-8-21)11-16(15)20-26(22,23)14-4-6-17-18(12-14)25-10-9-24-17/h3-6,11-12,20H,1-2,7-10H2. The summed E-state index contributed by atoms with van der Waals surface area (Å²) in [5.74, 6) is 0.247. The zero-order valence-electron chi connectivity index (χ0n) is 14.1. The van der Waals surface area contributed by atoms with Gasteiger partial charge in [-0.2, -0.15) is 0 Å². The largest absolute Gasteiger partial charge is 0.486 e. The zero-order valence-corrected chi connectivity index (χ0v) is 14.9. The van der Waals surface area contributed by atoms with E-state index in [1.54, 1.807) is 12.1 Å². The van der Waals surface area contributed by atoms with Gasteiger partial charge in [-0.3, -0.25) is 4.72 Å². The average Bonchev–Trinajstić information content (AvgIpc) is 3.18. The Morgan fingerprint density at radius 1 is 0.962 bits per heavy atom. The Kier molecular flexibility index (Phi) is 4.36. The summed E-state index contributed by atoms with van der Waals surface area (Å²) in [5.41, 5.74) is 0.744. The highest BCUT2D eigenvalue weighted by atomic mass is 32.2. The molecule has 2 aromatic carbocycles. The highest BCUT2D eigenvalue weighted by Gasteiger charge is 2.22. The van der Waals surface area contributed by atoms with Crippen LogP contribution >= 0.6 is 0 Å². The van der Waals surface area contributed by atoms with Crippen LogP contribution in [0.1, 0.15) is 12.8 Å². The van der Waals surface area contributed by atoms with E-state index in [1.807, 2.05) is 0 Å². The molecule has 2 aromatic rings.